The van der Waals surface area contributed by atoms with Gasteiger partial charge in [-0.1, -0.05) is 12.1 Å². The van der Waals surface area contributed by atoms with Gasteiger partial charge >= 0.3 is 0 Å². The Labute approximate surface area is 175 Å². The predicted octanol–water partition coefficient (Wildman–Crippen LogP) is 4.00. The number of ether oxygens (including phenoxy) is 1. The Morgan fingerprint density at radius 3 is 2.45 bits per heavy atom. The van der Waals surface area contributed by atoms with Crippen molar-refractivity contribution in [1.82, 2.24) is 0 Å². The summed E-state index contributed by atoms with van der Waals surface area (Å²) < 4.78 is 20.2. The summed E-state index contributed by atoms with van der Waals surface area (Å²) in [6, 6.07) is 16.0. The van der Waals surface area contributed by atoms with Crippen LogP contribution in [0.2, 0.25) is 0 Å². The summed E-state index contributed by atoms with van der Waals surface area (Å²) in [5, 5.41) is 0.269. The number of nitrogens with zero attached hydrogens (tertiary/aromatic N) is 2. The maximum absolute atomic E-state index is 13.3. The average molecular weight is 408 g/mol. The van der Waals surface area contributed by atoms with Gasteiger partial charge in [0.05, 0.1) is 13.7 Å². The van der Waals surface area contributed by atoms with Crippen LogP contribution >= 0.6 is 0 Å². The van der Waals surface area contributed by atoms with E-state index in [9.17, 15) is 9.18 Å². The van der Waals surface area contributed by atoms with E-state index in [0.29, 0.717) is 12.1 Å². The van der Waals surface area contributed by atoms with Crippen molar-refractivity contribution < 1.29 is 18.5 Å². The van der Waals surface area contributed by atoms with Crippen molar-refractivity contribution >= 4 is 23.5 Å². The Bertz CT molecular complexity index is 1020. The first-order valence-corrected chi connectivity index (χ1v) is 9.50. The summed E-state index contributed by atoms with van der Waals surface area (Å²) >= 11 is 5.54. The van der Waals surface area contributed by atoms with Crippen LogP contribution in [0.1, 0.15) is 27.5 Å². The Kier molecular flexibility index (Phi) is 6.67. The number of rotatable bonds is 7. The quantitative estimate of drug-likeness (QED) is 0.195. The van der Waals surface area contributed by atoms with Crippen molar-refractivity contribution in [3.05, 3.63) is 95.6 Å². The van der Waals surface area contributed by atoms with Crippen LogP contribution in [0.4, 0.5) is 4.39 Å². The lowest BCUT2D eigenvalue weighted by Gasteiger charge is -2.19. The second-order valence-electron chi connectivity index (χ2n) is 6.60. The molecule has 0 spiro atoms. The second-order valence-corrected chi connectivity index (χ2v) is 7.02. The standard InChI is InChI=1S/C23H21FN2O2S/c1-16-4-3-13-26(15-16)21(22(27)18-7-9-19(24)10-8-18)23(29)25-14-17-5-11-20(28-2)12-6-17/h3-13,15,21H,14H2,1-2H3/t21-/m1/s1. The van der Waals surface area contributed by atoms with E-state index in [1.807, 2.05) is 49.5 Å². The number of halogens is 1. The summed E-state index contributed by atoms with van der Waals surface area (Å²) in [6.45, 7) is 2.29. The molecule has 1 heterocycles. The van der Waals surface area contributed by atoms with Crippen molar-refractivity contribution in [2.24, 2.45) is 4.99 Å². The summed E-state index contributed by atoms with van der Waals surface area (Å²) in [7, 11) is 1.61. The van der Waals surface area contributed by atoms with E-state index in [4.69, 9.17) is 17.4 Å². The van der Waals surface area contributed by atoms with Gasteiger partial charge in [0, 0.05) is 17.2 Å². The van der Waals surface area contributed by atoms with Crippen LogP contribution < -0.4 is 9.30 Å². The molecule has 1 aromatic heterocycles. The minimum Gasteiger partial charge on any atom is -0.758 e. The minimum absolute atomic E-state index is 0.232. The molecule has 0 aliphatic heterocycles. The van der Waals surface area contributed by atoms with Crippen LogP contribution in [0.25, 0.3) is 0 Å². The van der Waals surface area contributed by atoms with Crippen LogP contribution in [0, 0.1) is 12.7 Å². The molecule has 0 bridgehead atoms. The molecule has 29 heavy (non-hydrogen) atoms. The van der Waals surface area contributed by atoms with Crippen LogP contribution in [0.5, 0.6) is 5.75 Å². The van der Waals surface area contributed by atoms with Gasteiger partial charge in [-0.05, 0) is 60.0 Å². The SMILES string of the molecule is COc1ccc(CN=C([S-])[C@@H](C(=O)c2ccc(F)cc2)[n+]2cccc(C)c2)cc1. The first kappa shape index (κ1) is 20.6. The van der Waals surface area contributed by atoms with E-state index >= 15 is 0 Å². The molecule has 148 valence electrons. The fourth-order valence-electron chi connectivity index (χ4n) is 2.91. The molecule has 0 fully saturated rings. The number of carbonyl (C=O) groups excluding carboxylic acids is 1. The third-order valence-corrected chi connectivity index (χ3v) is 4.81. The van der Waals surface area contributed by atoms with Gasteiger partial charge in [0.25, 0.3) is 0 Å². The number of pyridine rings is 1. The van der Waals surface area contributed by atoms with Crippen molar-refractivity contribution in [3.63, 3.8) is 0 Å². The molecule has 0 N–H and O–H groups in total. The van der Waals surface area contributed by atoms with Crippen molar-refractivity contribution in [1.29, 1.82) is 0 Å². The molecule has 4 nitrogen and oxygen atoms in total. The summed E-state index contributed by atoms with van der Waals surface area (Å²) in [5.41, 5.74) is 2.32. The number of carbonyl (C=O) groups is 1. The van der Waals surface area contributed by atoms with Gasteiger partial charge in [-0.2, -0.15) is 4.57 Å². The van der Waals surface area contributed by atoms with Gasteiger partial charge in [-0.3, -0.25) is 4.79 Å². The van der Waals surface area contributed by atoms with Crippen molar-refractivity contribution in [3.8, 4) is 5.75 Å². The number of benzene rings is 2. The monoisotopic (exact) mass is 408 g/mol. The normalized spacial score (nSPS) is 12.4. The first-order chi connectivity index (χ1) is 14.0. The van der Waals surface area contributed by atoms with Gasteiger partial charge < -0.3 is 22.4 Å². The maximum atomic E-state index is 13.3. The average Bonchev–Trinajstić information content (AvgIpc) is 2.73. The zero-order valence-electron chi connectivity index (χ0n) is 16.2. The van der Waals surface area contributed by atoms with Crippen LogP contribution in [-0.2, 0) is 19.2 Å². The van der Waals surface area contributed by atoms with Crippen molar-refractivity contribution in [2.45, 2.75) is 19.5 Å². The number of aliphatic imine (C=N–C) groups is 1. The molecule has 2 aromatic carbocycles. The largest absolute Gasteiger partial charge is 0.758 e. The molecule has 3 rings (SSSR count). The first-order valence-electron chi connectivity index (χ1n) is 9.09. The zero-order chi connectivity index (χ0) is 20.8. The van der Waals surface area contributed by atoms with E-state index < -0.39 is 11.9 Å². The molecule has 6 heteroatoms. The minimum atomic E-state index is -0.784. The number of Topliss-reactive ketones (excluding diaryl/α,β-unsaturated/α-hetero) is 1. The molecular formula is C23H21FN2O2S. The maximum Gasteiger partial charge on any atom is 0.237 e. The fourth-order valence-corrected chi connectivity index (χ4v) is 3.20. The Morgan fingerprint density at radius 1 is 1.14 bits per heavy atom. The van der Waals surface area contributed by atoms with Gasteiger partial charge in [0.1, 0.15) is 11.6 Å². The highest BCUT2D eigenvalue weighted by molar-refractivity contribution is 7.77. The zero-order valence-corrected chi connectivity index (χ0v) is 17.0. The highest BCUT2D eigenvalue weighted by Gasteiger charge is 2.28. The van der Waals surface area contributed by atoms with Crippen LogP contribution in [-0.4, -0.2) is 17.9 Å². The molecule has 1 atom stereocenters. The number of aryl methyl sites for hydroxylation is 1. The molecule has 0 amide bonds. The highest BCUT2D eigenvalue weighted by Crippen LogP contribution is 2.15. The molecule has 0 aliphatic carbocycles. The predicted molar refractivity (Wildman–Crippen MR) is 113 cm³/mol. The van der Waals surface area contributed by atoms with E-state index in [-0.39, 0.29) is 10.8 Å². The Balaban J connectivity index is 1.92. The topological polar surface area (TPSA) is 42.5 Å². The van der Waals surface area contributed by atoms with E-state index in [1.165, 1.54) is 24.3 Å². The summed E-state index contributed by atoms with van der Waals surface area (Å²) in [4.78, 5) is 17.7. The molecule has 3 aromatic rings. The van der Waals surface area contributed by atoms with Crippen LogP contribution in [0.3, 0.4) is 0 Å². The summed E-state index contributed by atoms with van der Waals surface area (Å²) in [6.07, 6.45) is 3.63. The lowest BCUT2D eigenvalue weighted by atomic mass is 10.0. The molecule has 0 aliphatic rings. The molecule has 0 saturated heterocycles. The Morgan fingerprint density at radius 2 is 1.83 bits per heavy atom. The summed E-state index contributed by atoms with van der Waals surface area (Å²) in [5.74, 6) is 0.133. The third kappa shape index (κ3) is 5.23. The van der Waals surface area contributed by atoms with E-state index in [2.05, 4.69) is 4.99 Å². The second kappa shape index (κ2) is 9.39. The lowest BCUT2D eigenvalue weighted by molar-refractivity contribution is -0.692. The Hall–Kier alpha value is -3.12. The lowest BCUT2D eigenvalue weighted by Crippen LogP contribution is -2.47. The fraction of sp³-hybridized carbons (Fsp3) is 0.174. The van der Waals surface area contributed by atoms with Gasteiger partial charge in [-0.25, -0.2) is 4.39 Å². The highest BCUT2D eigenvalue weighted by atomic mass is 32.1. The van der Waals surface area contributed by atoms with Crippen molar-refractivity contribution in [2.75, 3.05) is 7.11 Å². The van der Waals surface area contributed by atoms with Crippen LogP contribution in [0.15, 0.2) is 78.0 Å². The number of hydrogen-bond donors (Lipinski definition) is 0. The van der Waals surface area contributed by atoms with Gasteiger partial charge in [-0.15, -0.1) is 0 Å². The van der Waals surface area contributed by atoms with Gasteiger partial charge in [0.2, 0.25) is 11.8 Å². The smallest absolute Gasteiger partial charge is 0.237 e. The van der Waals surface area contributed by atoms with E-state index in [0.717, 1.165) is 16.9 Å². The number of methoxy groups -OCH3 is 1. The number of aromatic nitrogens is 1. The number of hydrogen-bond acceptors (Lipinski definition) is 4. The third-order valence-electron chi connectivity index (χ3n) is 4.46. The molecule has 0 unspecified atom stereocenters. The molecule has 0 radical (unpaired) electrons. The molecular weight excluding hydrogens is 387 g/mol. The van der Waals surface area contributed by atoms with Gasteiger partial charge in [0.15, 0.2) is 12.4 Å². The van der Waals surface area contributed by atoms with E-state index in [1.54, 1.807) is 17.9 Å². The number of ketones is 1. The molecule has 0 saturated carbocycles.